The number of carbonyl (C=O) groups is 3. The van der Waals surface area contributed by atoms with Gasteiger partial charge < -0.3 is 10.6 Å². The molecule has 0 bridgehead atoms. The van der Waals surface area contributed by atoms with Crippen LogP contribution in [0.3, 0.4) is 0 Å². The summed E-state index contributed by atoms with van der Waals surface area (Å²) in [5, 5.41) is 14.7. The Morgan fingerprint density at radius 2 is 2.16 bits per heavy atom. The van der Waals surface area contributed by atoms with Crippen LogP contribution in [0.1, 0.15) is 0 Å². The number of anilines is 1. The van der Waals surface area contributed by atoms with Crippen molar-refractivity contribution in [2.75, 3.05) is 24.2 Å². The number of nitrogens with zero attached hydrogens (tertiary/aromatic N) is 2. The molecule has 0 atom stereocenters. The molecule has 1 aromatic carbocycles. The third-order valence-electron chi connectivity index (χ3n) is 3.11. The number of thioether (sulfide) groups is 1. The quantitative estimate of drug-likeness (QED) is 0.433. The Kier molecular flexibility index (Phi) is 6.70. The van der Waals surface area contributed by atoms with Gasteiger partial charge in [-0.2, -0.15) is 5.26 Å². The molecule has 2 N–H and O–H groups in total. The lowest BCUT2D eigenvalue weighted by molar-refractivity contribution is -0.124. The molecule has 1 aliphatic rings. The molecule has 0 saturated carbocycles. The average Bonchev–Trinajstić information content (AvgIpc) is 2.89. The van der Waals surface area contributed by atoms with Crippen LogP contribution in [0, 0.1) is 11.3 Å². The first kappa shape index (κ1) is 19.1. The number of hydrogen-bond donors (Lipinski definition) is 2. The Bertz CT molecular complexity index is 775. The zero-order valence-electron chi connectivity index (χ0n) is 12.7. The van der Waals surface area contributed by atoms with Crippen LogP contribution >= 0.6 is 35.0 Å². The molecule has 0 aromatic heterocycles. The predicted octanol–water partition coefficient (Wildman–Crippen LogP) is 2.62. The summed E-state index contributed by atoms with van der Waals surface area (Å²) in [6, 6.07) is 6.32. The molecule has 1 saturated heterocycles. The molecule has 130 valence electrons. The maximum atomic E-state index is 12.1. The first-order chi connectivity index (χ1) is 11.9. The topological polar surface area (TPSA) is 102 Å². The molecule has 0 aliphatic carbocycles. The lowest BCUT2D eigenvalue weighted by atomic mass is 10.2. The van der Waals surface area contributed by atoms with Crippen molar-refractivity contribution in [2.24, 2.45) is 0 Å². The Balaban J connectivity index is 1.92. The summed E-state index contributed by atoms with van der Waals surface area (Å²) in [6.45, 7) is 0.371. The van der Waals surface area contributed by atoms with Crippen LogP contribution in [0.5, 0.6) is 0 Å². The van der Waals surface area contributed by atoms with Crippen molar-refractivity contribution in [1.29, 1.82) is 5.26 Å². The summed E-state index contributed by atoms with van der Waals surface area (Å²) in [7, 11) is 0. The van der Waals surface area contributed by atoms with Crippen LogP contribution in [-0.2, 0) is 9.59 Å². The van der Waals surface area contributed by atoms with E-state index < -0.39 is 5.91 Å². The van der Waals surface area contributed by atoms with E-state index in [4.69, 9.17) is 28.5 Å². The molecule has 2 rings (SSSR count). The van der Waals surface area contributed by atoms with E-state index in [1.165, 1.54) is 18.3 Å². The first-order valence-electron chi connectivity index (χ1n) is 6.99. The summed E-state index contributed by atoms with van der Waals surface area (Å²) in [6.07, 6.45) is 1.21. The number of halogens is 2. The Hall–Kier alpha value is -2.21. The lowest BCUT2D eigenvalue weighted by Gasteiger charge is -2.12. The van der Waals surface area contributed by atoms with E-state index in [9.17, 15) is 14.4 Å². The van der Waals surface area contributed by atoms with Crippen molar-refractivity contribution in [1.82, 2.24) is 10.2 Å². The second kappa shape index (κ2) is 8.76. The molecule has 25 heavy (non-hydrogen) atoms. The van der Waals surface area contributed by atoms with Gasteiger partial charge in [0.1, 0.15) is 11.6 Å². The summed E-state index contributed by atoms with van der Waals surface area (Å²) in [4.78, 5) is 36.1. The molecule has 7 nitrogen and oxygen atoms in total. The molecular formula is C15H12Cl2N4O3S. The van der Waals surface area contributed by atoms with Gasteiger partial charge in [-0.05, 0) is 18.2 Å². The number of benzene rings is 1. The van der Waals surface area contributed by atoms with Crippen LogP contribution in [0.15, 0.2) is 30.0 Å². The number of rotatable bonds is 6. The molecule has 0 radical (unpaired) electrons. The van der Waals surface area contributed by atoms with Crippen LogP contribution in [-0.4, -0.2) is 40.8 Å². The van der Waals surface area contributed by atoms with Crippen LogP contribution in [0.2, 0.25) is 10.0 Å². The van der Waals surface area contributed by atoms with Gasteiger partial charge >= 0.3 is 0 Å². The van der Waals surface area contributed by atoms with E-state index in [-0.39, 0.29) is 46.3 Å². The van der Waals surface area contributed by atoms with E-state index >= 15 is 0 Å². The van der Waals surface area contributed by atoms with Gasteiger partial charge in [0.05, 0.1) is 16.5 Å². The molecule has 10 heteroatoms. The normalized spacial score (nSPS) is 14.4. The molecule has 1 aromatic rings. The van der Waals surface area contributed by atoms with E-state index in [0.29, 0.717) is 5.02 Å². The summed E-state index contributed by atoms with van der Waals surface area (Å²) in [5.41, 5.74) is 0.0927. The third-order valence-corrected chi connectivity index (χ3v) is 4.53. The summed E-state index contributed by atoms with van der Waals surface area (Å²) in [5.74, 6) is -0.779. The zero-order valence-corrected chi connectivity index (χ0v) is 15.0. The highest BCUT2D eigenvalue weighted by atomic mass is 35.5. The van der Waals surface area contributed by atoms with Crippen molar-refractivity contribution in [3.63, 3.8) is 0 Å². The standard InChI is InChI=1S/C15H12Cl2N4O3S/c16-10-1-2-11(17)12(5-10)20-14(23)9(6-18)7-19-3-4-21-13(22)8-25-15(21)24/h1-2,5,7,19H,3-4,8H2,(H,20,23)/b9-7-. The maximum Gasteiger partial charge on any atom is 0.288 e. The molecule has 1 aliphatic heterocycles. The molecule has 1 heterocycles. The fourth-order valence-corrected chi connectivity index (χ4v) is 2.97. The maximum absolute atomic E-state index is 12.1. The second-order valence-corrected chi connectivity index (χ2v) is 6.57. The fraction of sp³-hybridized carbons (Fsp3) is 0.200. The van der Waals surface area contributed by atoms with E-state index in [2.05, 4.69) is 10.6 Å². The van der Waals surface area contributed by atoms with Gasteiger partial charge in [-0.15, -0.1) is 0 Å². The minimum Gasteiger partial charge on any atom is -0.388 e. The van der Waals surface area contributed by atoms with Crippen molar-refractivity contribution >= 4 is 57.7 Å². The Morgan fingerprint density at radius 1 is 1.40 bits per heavy atom. The summed E-state index contributed by atoms with van der Waals surface area (Å²) < 4.78 is 0. The molecule has 3 amide bonds. The third kappa shape index (κ3) is 5.13. The number of amides is 3. The SMILES string of the molecule is N#C/C(=C/NCCN1C(=O)CSC1=O)C(=O)Nc1cc(Cl)ccc1Cl. The van der Waals surface area contributed by atoms with Crippen molar-refractivity contribution in [2.45, 2.75) is 0 Å². The highest BCUT2D eigenvalue weighted by molar-refractivity contribution is 8.14. The smallest absolute Gasteiger partial charge is 0.288 e. The van der Waals surface area contributed by atoms with Gasteiger partial charge in [0, 0.05) is 24.3 Å². The lowest BCUT2D eigenvalue weighted by Crippen LogP contribution is -2.34. The van der Waals surface area contributed by atoms with Crippen LogP contribution < -0.4 is 10.6 Å². The van der Waals surface area contributed by atoms with Crippen LogP contribution in [0.4, 0.5) is 10.5 Å². The monoisotopic (exact) mass is 398 g/mol. The largest absolute Gasteiger partial charge is 0.388 e. The number of nitriles is 1. The zero-order chi connectivity index (χ0) is 18.4. The van der Waals surface area contributed by atoms with E-state index in [0.717, 1.165) is 16.7 Å². The fourth-order valence-electron chi connectivity index (χ4n) is 1.88. The average molecular weight is 399 g/mol. The number of carbonyl (C=O) groups excluding carboxylic acids is 3. The van der Waals surface area contributed by atoms with Gasteiger partial charge in [0.15, 0.2) is 0 Å². The van der Waals surface area contributed by atoms with Gasteiger partial charge in [-0.3, -0.25) is 19.3 Å². The number of hydrogen-bond acceptors (Lipinski definition) is 6. The number of imide groups is 1. The van der Waals surface area contributed by atoms with Crippen molar-refractivity contribution < 1.29 is 14.4 Å². The minimum absolute atomic E-state index is 0.140. The van der Waals surface area contributed by atoms with Gasteiger partial charge in [-0.1, -0.05) is 35.0 Å². The van der Waals surface area contributed by atoms with E-state index in [1.807, 2.05) is 0 Å². The van der Waals surface area contributed by atoms with Crippen LogP contribution in [0.25, 0.3) is 0 Å². The molecular weight excluding hydrogens is 387 g/mol. The Morgan fingerprint density at radius 3 is 2.80 bits per heavy atom. The van der Waals surface area contributed by atoms with Gasteiger partial charge in [0.2, 0.25) is 5.91 Å². The van der Waals surface area contributed by atoms with Gasteiger partial charge in [0.25, 0.3) is 11.1 Å². The second-order valence-electron chi connectivity index (χ2n) is 4.80. The van der Waals surface area contributed by atoms with Gasteiger partial charge in [-0.25, -0.2) is 0 Å². The van der Waals surface area contributed by atoms with E-state index in [1.54, 1.807) is 12.1 Å². The first-order valence-corrected chi connectivity index (χ1v) is 8.73. The highest BCUT2D eigenvalue weighted by Gasteiger charge is 2.28. The van der Waals surface area contributed by atoms with Crippen molar-refractivity contribution in [3.8, 4) is 6.07 Å². The number of nitrogens with one attached hydrogen (secondary N) is 2. The predicted molar refractivity (Wildman–Crippen MR) is 96.4 cm³/mol. The molecule has 0 spiro atoms. The van der Waals surface area contributed by atoms with Crippen molar-refractivity contribution in [3.05, 3.63) is 40.0 Å². The Labute approximate surface area is 157 Å². The molecule has 1 fully saturated rings. The highest BCUT2D eigenvalue weighted by Crippen LogP contribution is 2.25. The minimum atomic E-state index is -0.664. The summed E-state index contributed by atoms with van der Waals surface area (Å²) >= 11 is 12.7. The molecule has 0 unspecified atom stereocenters.